The summed E-state index contributed by atoms with van der Waals surface area (Å²) in [6.45, 7) is 0.0586. The van der Waals surface area contributed by atoms with Gasteiger partial charge in [0.25, 0.3) is 5.89 Å². The molecule has 22 heavy (non-hydrogen) atoms. The van der Waals surface area contributed by atoms with Gasteiger partial charge in [-0.3, -0.25) is 14.5 Å². The Kier molecular flexibility index (Phi) is 3.15. The van der Waals surface area contributed by atoms with E-state index in [1.165, 1.54) is 16.2 Å². The largest absolute Gasteiger partial charge is 0.418 e. The predicted molar refractivity (Wildman–Crippen MR) is 78.5 cm³/mol. The van der Waals surface area contributed by atoms with Gasteiger partial charge in [0.2, 0.25) is 17.7 Å². The van der Waals surface area contributed by atoms with Gasteiger partial charge in [-0.2, -0.15) is 0 Å². The van der Waals surface area contributed by atoms with E-state index in [0.717, 1.165) is 4.88 Å². The summed E-state index contributed by atoms with van der Waals surface area (Å²) >= 11 is 1.50. The average Bonchev–Trinajstić information content (AvgIpc) is 3.25. The van der Waals surface area contributed by atoms with Gasteiger partial charge >= 0.3 is 0 Å². The van der Waals surface area contributed by atoms with Crippen molar-refractivity contribution in [1.29, 1.82) is 0 Å². The summed E-state index contributed by atoms with van der Waals surface area (Å²) in [6, 6.07) is 3.78. The minimum absolute atomic E-state index is 0.0586. The van der Waals surface area contributed by atoms with E-state index in [1.54, 1.807) is 0 Å². The molecule has 7 heteroatoms. The molecule has 2 amide bonds. The number of rotatable bonds is 3. The second-order valence-electron chi connectivity index (χ2n) is 5.40. The number of allylic oxidation sites excluding steroid dienone is 2. The first-order chi connectivity index (χ1) is 10.7. The molecule has 1 aliphatic carbocycles. The summed E-state index contributed by atoms with van der Waals surface area (Å²) in [7, 11) is 0. The monoisotopic (exact) mass is 315 g/mol. The molecular weight excluding hydrogens is 302 g/mol. The first kappa shape index (κ1) is 13.4. The fourth-order valence-electron chi connectivity index (χ4n) is 2.98. The number of imide groups is 1. The fraction of sp³-hybridized carbons (Fsp3) is 0.333. The van der Waals surface area contributed by atoms with E-state index in [2.05, 4.69) is 10.2 Å². The molecule has 2 aliphatic rings. The Morgan fingerprint density at radius 1 is 1.18 bits per heavy atom. The molecule has 1 fully saturated rings. The minimum atomic E-state index is -0.225. The lowest BCUT2D eigenvalue weighted by Gasteiger charge is -2.14. The number of carbonyl (C=O) groups is 2. The Morgan fingerprint density at radius 3 is 2.55 bits per heavy atom. The maximum atomic E-state index is 12.4. The van der Waals surface area contributed by atoms with Gasteiger partial charge in [-0.25, -0.2) is 0 Å². The van der Waals surface area contributed by atoms with Crippen LogP contribution in [-0.2, 0) is 16.1 Å². The normalized spacial score (nSPS) is 24.1. The second kappa shape index (κ2) is 5.17. The summed E-state index contributed by atoms with van der Waals surface area (Å²) in [4.78, 5) is 26.9. The second-order valence-corrected chi connectivity index (χ2v) is 6.34. The third-order valence-corrected chi connectivity index (χ3v) is 4.95. The number of hydrogen-bond acceptors (Lipinski definition) is 6. The van der Waals surface area contributed by atoms with E-state index >= 15 is 0 Å². The predicted octanol–water partition coefficient (Wildman–Crippen LogP) is 2.25. The molecule has 4 rings (SSSR count). The summed E-state index contributed by atoms with van der Waals surface area (Å²) in [5.74, 6) is -0.000271. The highest BCUT2D eigenvalue weighted by Crippen LogP contribution is 2.35. The Morgan fingerprint density at radius 2 is 1.91 bits per heavy atom. The van der Waals surface area contributed by atoms with Gasteiger partial charge in [-0.1, -0.05) is 18.2 Å². The molecule has 112 valence electrons. The van der Waals surface area contributed by atoms with Crippen LogP contribution in [0.1, 0.15) is 18.7 Å². The third kappa shape index (κ3) is 2.09. The van der Waals surface area contributed by atoms with Crippen molar-refractivity contribution in [3.63, 3.8) is 0 Å². The first-order valence-corrected chi connectivity index (χ1v) is 7.98. The van der Waals surface area contributed by atoms with Crippen molar-refractivity contribution in [2.75, 3.05) is 0 Å². The van der Waals surface area contributed by atoms with Crippen molar-refractivity contribution in [3.8, 4) is 10.8 Å². The number of nitrogens with zero attached hydrogens (tertiary/aromatic N) is 3. The average molecular weight is 315 g/mol. The number of thiophene rings is 1. The van der Waals surface area contributed by atoms with Crippen LogP contribution in [0.15, 0.2) is 34.1 Å². The van der Waals surface area contributed by atoms with Crippen LogP contribution in [0.2, 0.25) is 0 Å². The van der Waals surface area contributed by atoms with Crippen LogP contribution in [0.5, 0.6) is 0 Å². The molecule has 3 heterocycles. The Bertz CT molecular complexity index is 724. The molecule has 2 aromatic rings. The zero-order valence-electron chi connectivity index (χ0n) is 11.6. The van der Waals surface area contributed by atoms with E-state index in [0.29, 0.717) is 18.7 Å². The SMILES string of the molecule is O=C1[C@H]2CC=CC[C@@H]2C(=O)N1Cc1nnc(-c2cccs2)o1. The smallest absolute Gasteiger partial charge is 0.257 e. The minimum Gasteiger partial charge on any atom is -0.418 e. The molecule has 1 saturated heterocycles. The number of likely N-dealkylation sites (tertiary alicyclic amines) is 1. The summed E-state index contributed by atoms with van der Waals surface area (Å²) < 4.78 is 5.57. The zero-order valence-corrected chi connectivity index (χ0v) is 12.5. The highest BCUT2D eigenvalue weighted by Gasteiger charge is 2.47. The fourth-order valence-corrected chi connectivity index (χ4v) is 3.62. The standard InChI is InChI=1S/C15H13N3O3S/c19-14-9-4-1-2-5-10(9)15(20)18(14)8-12-16-17-13(21-12)11-6-3-7-22-11/h1-3,6-7,9-10H,4-5,8H2/t9-,10-/m0/s1. The first-order valence-electron chi connectivity index (χ1n) is 7.10. The number of fused-ring (bicyclic) bond motifs is 1. The Labute approximate surface area is 130 Å². The van der Waals surface area contributed by atoms with Crippen LogP contribution >= 0.6 is 11.3 Å². The molecule has 0 aromatic carbocycles. The number of aromatic nitrogens is 2. The maximum absolute atomic E-state index is 12.4. The number of hydrogen-bond donors (Lipinski definition) is 0. The molecule has 0 bridgehead atoms. The van der Waals surface area contributed by atoms with E-state index in [1.807, 2.05) is 29.7 Å². The van der Waals surface area contributed by atoms with Crippen LogP contribution in [0.25, 0.3) is 10.8 Å². The van der Waals surface area contributed by atoms with Crippen LogP contribution in [0, 0.1) is 11.8 Å². The topological polar surface area (TPSA) is 76.3 Å². The lowest BCUT2D eigenvalue weighted by Crippen LogP contribution is -2.30. The number of amides is 2. The molecule has 2 aromatic heterocycles. The van der Waals surface area contributed by atoms with Crippen LogP contribution in [0.3, 0.4) is 0 Å². The molecule has 0 unspecified atom stereocenters. The molecule has 2 atom stereocenters. The van der Waals surface area contributed by atoms with Crippen molar-refractivity contribution in [2.45, 2.75) is 19.4 Å². The van der Waals surface area contributed by atoms with Gasteiger partial charge in [-0.15, -0.1) is 21.5 Å². The van der Waals surface area contributed by atoms with E-state index in [4.69, 9.17) is 4.42 Å². The van der Waals surface area contributed by atoms with Crippen molar-refractivity contribution >= 4 is 23.2 Å². The Balaban J connectivity index is 1.54. The van der Waals surface area contributed by atoms with Crippen molar-refractivity contribution in [3.05, 3.63) is 35.6 Å². The third-order valence-electron chi connectivity index (χ3n) is 4.09. The molecule has 1 aliphatic heterocycles. The molecule has 0 saturated carbocycles. The van der Waals surface area contributed by atoms with Gasteiger partial charge in [-0.05, 0) is 24.3 Å². The Hall–Kier alpha value is -2.28. The lowest BCUT2D eigenvalue weighted by molar-refractivity contribution is -0.140. The molecule has 0 radical (unpaired) electrons. The van der Waals surface area contributed by atoms with Crippen LogP contribution in [-0.4, -0.2) is 26.9 Å². The molecule has 0 N–H and O–H groups in total. The van der Waals surface area contributed by atoms with Gasteiger partial charge in [0.05, 0.1) is 16.7 Å². The highest BCUT2D eigenvalue weighted by atomic mass is 32.1. The molecule has 0 spiro atoms. The summed E-state index contributed by atoms with van der Waals surface area (Å²) in [5.41, 5.74) is 0. The zero-order chi connectivity index (χ0) is 15.1. The number of carbonyl (C=O) groups excluding carboxylic acids is 2. The van der Waals surface area contributed by atoms with Crippen molar-refractivity contribution < 1.29 is 14.0 Å². The molecule has 6 nitrogen and oxygen atoms in total. The van der Waals surface area contributed by atoms with Gasteiger partial charge in [0.15, 0.2) is 0 Å². The van der Waals surface area contributed by atoms with Crippen molar-refractivity contribution in [2.24, 2.45) is 11.8 Å². The summed E-state index contributed by atoms with van der Waals surface area (Å²) in [6.07, 6.45) is 5.21. The summed E-state index contributed by atoms with van der Waals surface area (Å²) in [5, 5.41) is 9.84. The maximum Gasteiger partial charge on any atom is 0.257 e. The molecular formula is C15H13N3O3S. The van der Waals surface area contributed by atoms with Crippen LogP contribution < -0.4 is 0 Å². The lowest BCUT2D eigenvalue weighted by atomic mass is 9.85. The van der Waals surface area contributed by atoms with Gasteiger partial charge in [0, 0.05) is 0 Å². The van der Waals surface area contributed by atoms with Gasteiger partial charge < -0.3 is 4.42 Å². The van der Waals surface area contributed by atoms with E-state index in [-0.39, 0.29) is 36.1 Å². The van der Waals surface area contributed by atoms with Crippen LogP contribution in [0.4, 0.5) is 0 Å². The van der Waals surface area contributed by atoms with E-state index in [9.17, 15) is 9.59 Å². The van der Waals surface area contributed by atoms with Crippen molar-refractivity contribution in [1.82, 2.24) is 15.1 Å². The van der Waals surface area contributed by atoms with Gasteiger partial charge in [0.1, 0.15) is 6.54 Å². The van der Waals surface area contributed by atoms with E-state index < -0.39 is 0 Å². The highest BCUT2D eigenvalue weighted by molar-refractivity contribution is 7.13. The quantitative estimate of drug-likeness (QED) is 0.641.